The predicted octanol–water partition coefficient (Wildman–Crippen LogP) is 1.33. The Bertz CT molecular complexity index is 1050. The van der Waals surface area contributed by atoms with Gasteiger partial charge in [0.1, 0.15) is 11.2 Å². The highest BCUT2D eigenvalue weighted by molar-refractivity contribution is 7.15. The lowest BCUT2D eigenvalue weighted by atomic mass is 10.3. The molecule has 1 amide bonds. The number of nitrogens with one attached hydrogen (secondary N) is 1. The summed E-state index contributed by atoms with van der Waals surface area (Å²) in [7, 11) is 0. The molecule has 8 heteroatoms. The summed E-state index contributed by atoms with van der Waals surface area (Å²) in [5, 5.41) is 4.64. The smallest absolute Gasteiger partial charge is 0.270 e. The van der Waals surface area contributed by atoms with Crippen LogP contribution in [0.3, 0.4) is 0 Å². The first-order valence-corrected chi connectivity index (χ1v) is 7.76. The number of hydrogen-bond donors (Lipinski definition) is 1. The average Bonchev–Trinajstić information content (AvgIpc) is 3.14. The highest BCUT2D eigenvalue weighted by Gasteiger charge is 2.13. The van der Waals surface area contributed by atoms with Gasteiger partial charge in [-0.2, -0.15) is 0 Å². The number of carbonyl (C=O) groups is 1. The van der Waals surface area contributed by atoms with Crippen molar-refractivity contribution in [2.24, 2.45) is 0 Å². The average molecular weight is 325 g/mol. The van der Waals surface area contributed by atoms with Gasteiger partial charge in [0.15, 0.2) is 4.96 Å². The number of rotatable bonds is 3. The van der Waals surface area contributed by atoms with Gasteiger partial charge in [-0.25, -0.2) is 9.97 Å². The van der Waals surface area contributed by atoms with E-state index in [1.807, 2.05) is 22.2 Å². The van der Waals surface area contributed by atoms with Crippen LogP contribution in [0.5, 0.6) is 0 Å². The van der Waals surface area contributed by atoms with Gasteiger partial charge in [0.05, 0.1) is 12.2 Å². The first kappa shape index (κ1) is 13.6. The Balaban J connectivity index is 1.58. The van der Waals surface area contributed by atoms with E-state index in [1.54, 1.807) is 24.4 Å². The second kappa shape index (κ2) is 5.33. The van der Waals surface area contributed by atoms with Crippen LogP contribution in [0, 0.1) is 0 Å². The van der Waals surface area contributed by atoms with Gasteiger partial charge in [-0.3, -0.25) is 18.4 Å². The molecule has 0 aliphatic heterocycles. The number of pyridine rings is 1. The molecule has 0 fully saturated rings. The Morgan fingerprint density at radius 1 is 1.30 bits per heavy atom. The molecule has 4 rings (SSSR count). The number of thiazole rings is 1. The number of aromatic nitrogens is 4. The Morgan fingerprint density at radius 2 is 2.22 bits per heavy atom. The van der Waals surface area contributed by atoms with E-state index in [-0.39, 0.29) is 17.7 Å². The third kappa shape index (κ3) is 2.38. The molecule has 0 radical (unpaired) electrons. The van der Waals surface area contributed by atoms with Gasteiger partial charge in [-0.05, 0) is 12.1 Å². The van der Waals surface area contributed by atoms with Gasteiger partial charge in [-0.1, -0.05) is 6.07 Å². The number of nitrogens with zero attached hydrogens (tertiary/aromatic N) is 4. The normalized spacial score (nSPS) is 11.1. The molecule has 0 atom stereocenters. The summed E-state index contributed by atoms with van der Waals surface area (Å²) in [4.78, 5) is 33.9. The quantitative estimate of drug-likeness (QED) is 0.616. The third-order valence-corrected chi connectivity index (χ3v) is 4.20. The molecule has 23 heavy (non-hydrogen) atoms. The van der Waals surface area contributed by atoms with Crippen LogP contribution in [0.2, 0.25) is 0 Å². The highest BCUT2D eigenvalue weighted by Crippen LogP contribution is 2.11. The van der Waals surface area contributed by atoms with E-state index in [9.17, 15) is 9.59 Å². The van der Waals surface area contributed by atoms with Crippen molar-refractivity contribution in [3.05, 3.63) is 70.0 Å². The van der Waals surface area contributed by atoms with Gasteiger partial charge < -0.3 is 5.32 Å². The number of fused-ring (bicyclic) bond motifs is 2. The van der Waals surface area contributed by atoms with Crippen LogP contribution in [0.4, 0.5) is 0 Å². The van der Waals surface area contributed by atoms with Crippen LogP contribution in [-0.2, 0) is 6.54 Å². The molecular formula is C15H11N5O2S. The number of hydrogen-bond acceptors (Lipinski definition) is 5. The molecule has 0 bridgehead atoms. The molecule has 4 aromatic heterocycles. The van der Waals surface area contributed by atoms with Crippen molar-refractivity contribution in [3.63, 3.8) is 0 Å². The van der Waals surface area contributed by atoms with E-state index < -0.39 is 5.91 Å². The summed E-state index contributed by atoms with van der Waals surface area (Å²) in [6.45, 7) is 0.254. The summed E-state index contributed by atoms with van der Waals surface area (Å²) in [6, 6.07) is 5.21. The standard InChI is InChI=1S/C15H11N5O2S/c21-13(17-7-10-9-19-5-6-23-15(19)18-10)11-8-16-12-3-1-2-4-20(12)14(11)22/h1-6,8-9H,7H2,(H,17,21). The topological polar surface area (TPSA) is 80.8 Å². The molecule has 4 aromatic rings. The van der Waals surface area contributed by atoms with E-state index in [1.165, 1.54) is 21.9 Å². The Morgan fingerprint density at radius 3 is 3.09 bits per heavy atom. The first-order chi connectivity index (χ1) is 11.2. The molecule has 0 aliphatic carbocycles. The van der Waals surface area contributed by atoms with Gasteiger partial charge in [0, 0.05) is 30.2 Å². The fourth-order valence-electron chi connectivity index (χ4n) is 2.31. The van der Waals surface area contributed by atoms with Crippen LogP contribution in [0.25, 0.3) is 10.6 Å². The third-order valence-electron chi connectivity index (χ3n) is 3.43. The molecule has 0 unspecified atom stereocenters. The summed E-state index contributed by atoms with van der Waals surface area (Å²) < 4.78 is 3.24. The molecule has 0 saturated carbocycles. The number of carbonyl (C=O) groups excluding carboxylic acids is 1. The Hall–Kier alpha value is -3.00. The minimum absolute atomic E-state index is 0.00900. The molecule has 0 saturated heterocycles. The monoisotopic (exact) mass is 325 g/mol. The summed E-state index contributed by atoms with van der Waals surface area (Å²) >= 11 is 1.52. The minimum Gasteiger partial charge on any atom is -0.346 e. The molecule has 0 aromatic carbocycles. The Kier molecular flexibility index (Phi) is 3.16. The largest absolute Gasteiger partial charge is 0.346 e. The van der Waals surface area contributed by atoms with Gasteiger partial charge in [0.25, 0.3) is 11.5 Å². The SMILES string of the molecule is O=C(NCc1cn2ccsc2n1)c1cnc2ccccn2c1=O. The summed E-state index contributed by atoms with van der Waals surface area (Å²) in [5.74, 6) is -0.461. The maximum atomic E-state index is 12.3. The van der Waals surface area contributed by atoms with E-state index in [0.29, 0.717) is 5.65 Å². The second-order valence-electron chi connectivity index (χ2n) is 4.91. The van der Waals surface area contributed by atoms with Crippen LogP contribution >= 0.6 is 11.3 Å². The van der Waals surface area contributed by atoms with Gasteiger partial charge in [0.2, 0.25) is 0 Å². The Labute approximate surface area is 133 Å². The predicted molar refractivity (Wildman–Crippen MR) is 85.7 cm³/mol. The fourth-order valence-corrected chi connectivity index (χ4v) is 3.03. The number of imidazole rings is 1. The van der Waals surface area contributed by atoms with Crippen molar-refractivity contribution in [2.45, 2.75) is 6.54 Å². The van der Waals surface area contributed by atoms with Crippen molar-refractivity contribution in [3.8, 4) is 0 Å². The summed E-state index contributed by atoms with van der Waals surface area (Å²) in [6.07, 6.45) is 6.64. The molecule has 114 valence electrons. The minimum atomic E-state index is -0.461. The maximum Gasteiger partial charge on any atom is 0.270 e. The van der Waals surface area contributed by atoms with Crippen LogP contribution in [0.1, 0.15) is 16.1 Å². The summed E-state index contributed by atoms with van der Waals surface area (Å²) in [5.41, 5.74) is 0.857. The zero-order valence-electron chi connectivity index (χ0n) is 11.8. The van der Waals surface area contributed by atoms with E-state index in [0.717, 1.165) is 10.7 Å². The van der Waals surface area contributed by atoms with E-state index >= 15 is 0 Å². The lowest BCUT2D eigenvalue weighted by Crippen LogP contribution is -2.31. The van der Waals surface area contributed by atoms with Crippen molar-refractivity contribution in [1.29, 1.82) is 0 Å². The molecule has 0 spiro atoms. The fraction of sp³-hybridized carbons (Fsp3) is 0.0667. The lowest BCUT2D eigenvalue weighted by molar-refractivity contribution is 0.0948. The van der Waals surface area contributed by atoms with E-state index in [4.69, 9.17) is 0 Å². The molecule has 4 heterocycles. The molecule has 7 nitrogen and oxygen atoms in total. The van der Waals surface area contributed by atoms with Gasteiger partial charge in [-0.15, -0.1) is 11.3 Å². The number of amides is 1. The van der Waals surface area contributed by atoms with Crippen LogP contribution < -0.4 is 10.9 Å². The van der Waals surface area contributed by atoms with Crippen molar-refractivity contribution in [2.75, 3.05) is 0 Å². The zero-order valence-corrected chi connectivity index (χ0v) is 12.7. The maximum absolute atomic E-state index is 12.3. The van der Waals surface area contributed by atoms with Crippen molar-refractivity contribution in [1.82, 2.24) is 24.1 Å². The zero-order chi connectivity index (χ0) is 15.8. The van der Waals surface area contributed by atoms with Crippen LogP contribution in [0.15, 0.2) is 53.2 Å². The molecule has 0 aliphatic rings. The van der Waals surface area contributed by atoms with E-state index in [2.05, 4.69) is 15.3 Å². The van der Waals surface area contributed by atoms with Gasteiger partial charge >= 0.3 is 0 Å². The van der Waals surface area contributed by atoms with Crippen LogP contribution in [-0.4, -0.2) is 24.7 Å². The lowest BCUT2D eigenvalue weighted by Gasteiger charge is -2.04. The molecule has 1 N–H and O–H groups in total. The highest BCUT2D eigenvalue weighted by atomic mass is 32.1. The second-order valence-corrected chi connectivity index (χ2v) is 5.79. The molecular weight excluding hydrogens is 314 g/mol. The first-order valence-electron chi connectivity index (χ1n) is 6.88. The van der Waals surface area contributed by atoms with Crippen molar-refractivity contribution < 1.29 is 4.79 Å². The van der Waals surface area contributed by atoms with Crippen molar-refractivity contribution >= 4 is 27.9 Å².